The molecule has 0 atom stereocenters. The van der Waals surface area contributed by atoms with E-state index in [1.54, 1.807) is 24.3 Å². The van der Waals surface area contributed by atoms with E-state index in [0.717, 1.165) is 11.2 Å². The molecule has 4 heteroatoms. The lowest BCUT2D eigenvalue weighted by atomic mass is 10.0. The maximum absolute atomic E-state index is 13.3. The van der Waals surface area contributed by atoms with Crippen LogP contribution in [-0.2, 0) is 0 Å². The molecule has 0 N–H and O–H groups in total. The molecule has 142 valence electrons. The Bertz CT molecular complexity index is 1730. The van der Waals surface area contributed by atoms with E-state index in [0.29, 0.717) is 38.2 Å². The quantitative estimate of drug-likeness (QED) is 0.354. The zero-order valence-corrected chi connectivity index (χ0v) is 15.8. The number of aromatic nitrogens is 1. The van der Waals surface area contributed by atoms with Crippen molar-refractivity contribution >= 4 is 43.7 Å². The molecule has 0 amide bonds. The van der Waals surface area contributed by atoms with Crippen molar-refractivity contribution in [3.63, 3.8) is 0 Å². The van der Waals surface area contributed by atoms with E-state index in [1.165, 1.54) is 0 Å². The Hall–Kier alpha value is -4.18. The summed E-state index contributed by atoms with van der Waals surface area (Å²) < 4.78 is 8.10. The summed E-state index contributed by atoms with van der Waals surface area (Å²) in [7, 11) is 0. The van der Waals surface area contributed by atoms with Gasteiger partial charge >= 0.3 is 0 Å². The van der Waals surface area contributed by atoms with Crippen molar-refractivity contribution in [1.82, 2.24) is 4.57 Å². The molecule has 2 aromatic heterocycles. The third kappa shape index (κ3) is 2.28. The van der Waals surface area contributed by atoms with Crippen molar-refractivity contribution in [2.24, 2.45) is 0 Å². The lowest BCUT2D eigenvalue weighted by Crippen LogP contribution is -2.11. The average molecular weight is 389 g/mol. The molecule has 0 unspecified atom stereocenters. The van der Waals surface area contributed by atoms with E-state index in [4.69, 9.17) is 4.42 Å². The molecule has 0 aliphatic carbocycles. The van der Waals surface area contributed by atoms with Crippen molar-refractivity contribution in [3.05, 3.63) is 111 Å². The fourth-order valence-corrected chi connectivity index (χ4v) is 4.20. The van der Waals surface area contributed by atoms with Crippen LogP contribution in [0.25, 0.3) is 49.4 Å². The first-order valence-electron chi connectivity index (χ1n) is 9.71. The van der Waals surface area contributed by atoms with Crippen LogP contribution in [0, 0.1) is 0 Å². The van der Waals surface area contributed by atoms with Gasteiger partial charge in [-0.15, -0.1) is 0 Å². The van der Waals surface area contributed by atoms with Crippen LogP contribution >= 0.6 is 0 Å². The molecule has 0 aliphatic rings. The molecule has 6 rings (SSSR count). The maximum Gasteiger partial charge on any atom is 0.200 e. The highest BCUT2D eigenvalue weighted by Crippen LogP contribution is 2.28. The highest BCUT2D eigenvalue weighted by Gasteiger charge is 2.16. The number of hydrogen-bond acceptors (Lipinski definition) is 3. The normalized spacial score (nSPS) is 11.6. The summed E-state index contributed by atoms with van der Waals surface area (Å²) in [5.74, 6) is 0. The molecule has 0 spiro atoms. The second-order valence-electron chi connectivity index (χ2n) is 7.31. The van der Waals surface area contributed by atoms with Crippen LogP contribution in [0.15, 0.2) is 105 Å². The summed E-state index contributed by atoms with van der Waals surface area (Å²) in [6.07, 6.45) is 0. The number of pyridine rings is 1. The third-order valence-corrected chi connectivity index (χ3v) is 5.58. The maximum atomic E-state index is 13.3. The number of nitrogens with zero attached hydrogens (tertiary/aromatic N) is 1. The van der Waals surface area contributed by atoms with Gasteiger partial charge in [0, 0.05) is 22.5 Å². The number of para-hydroxylation sites is 3. The lowest BCUT2D eigenvalue weighted by molar-refractivity contribution is 0.660. The minimum Gasteiger partial charge on any atom is -0.456 e. The van der Waals surface area contributed by atoms with E-state index >= 15 is 0 Å². The monoisotopic (exact) mass is 389 g/mol. The number of fused-ring (bicyclic) bond motifs is 4. The predicted octanol–water partition coefficient (Wildman–Crippen LogP) is 5.40. The van der Waals surface area contributed by atoms with Crippen LogP contribution in [0.5, 0.6) is 0 Å². The minimum atomic E-state index is -0.132. The van der Waals surface area contributed by atoms with Gasteiger partial charge in [-0.3, -0.25) is 9.59 Å². The van der Waals surface area contributed by atoms with E-state index in [2.05, 4.69) is 0 Å². The molecule has 2 heterocycles. The average Bonchev–Trinajstić information content (AvgIpc) is 2.79. The molecule has 0 saturated carbocycles. The SMILES string of the molecule is O=c1c2ccccc2oc2cc3c(cc12)c(=O)c1ccccc1n3-c1ccccc1. The van der Waals surface area contributed by atoms with Gasteiger partial charge in [0.1, 0.15) is 11.2 Å². The standard InChI is InChI=1S/C26H15NO3/c28-25-17-10-4-6-12-21(17)27(16-8-2-1-3-9-16)22-15-24-20(14-19(22)25)26(29)18-11-5-7-13-23(18)30-24/h1-15H. The van der Waals surface area contributed by atoms with Gasteiger partial charge in [0.2, 0.25) is 5.43 Å². The van der Waals surface area contributed by atoms with Crippen LogP contribution in [0.4, 0.5) is 0 Å². The molecule has 6 aromatic rings. The topological polar surface area (TPSA) is 52.2 Å². The van der Waals surface area contributed by atoms with Gasteiger partial charge in [-0.2, -0.15) is 0 Å². The molecular weight excluding hydrogens is 374 g/mol. The Kier molecular flexibility index (Phi) is 3.44. The summed E-state index contributed by atoms with van der Waals surface area (Å²) in [6, 6.07) is 28.1. The van der Waals surface area contributed by atoms with E-state index < -0.39 is 0 Å². The highest BCUT2D eigenvalue weighted by molar-refractivity contribution is 6.03. The molecule has 0 fully saturated rings. The summed E-state index contributed by atoms with van der Waals surface area (Å²) in [5, 5.41) is 2.02. The minimum absolute atomic E-state index is 0.0951. The van der Waals surface area contributed by atoms with Gasteiger partial charge in [0.15, 0.2) is 5.43 Å². The van der Waals surface area contributed by atoms with Gasteiger partial charge in [-0.05, 0) is 42.5 Å². The number of rotatable bonds is 1. The highest BCUT2D eigenvalue weighted by atomic mass is 16.3. The third-order valence-electron chi connectivity index (χ3n) is 5.58. The first-order valence-corrected chi connectivity index (χ1v) is 9.71. The van der Waals surface area contributed by atoms with E-state index in [-0.39, 0.29) is 10.9 Å². The summed E-state index contributed by atoms with van der Waals surface area (Å²) >= 11 is 0. The van der Waals surface area contributed by atoms with Crippen molar-refractivity contribution in [2.75, 3.05) is 0 Å². The molecule has 30 heavy (non-hydrogen) atoms. The Balaban J connectivity index is 1.90. The Morgan fingerprint density at radius 3 is 2.03 bits per heavy atom. The van der Waals surface area contributed by atoms with Crippen molar-refractivity contribution in [3.8, 4) is 5.69 Å². The lowest BCUT2D eigenvalue weighted by Gasteiger charge is -2.16. The predicted molar refractivity (Wildman–Crippen MR) is 121 cm³/mol. The van der Waals surface area contributed by atoms with Gasteiger partial charge in [-0.25, -0.2) is 0 Å². The second kappa shape index (κ2) is 6.16. The molecule has 0 radical (unpaired) electrons. The molecule has 4 nitrogen and oxygen atoms in total. The van der Waals surface area contributed by atoms with E-state index in [9.17, 15) is 9.59 Å². The second-order valence-corrected chi connectivity index (χ2v) is 7.31. The van der Waals surface area contributed by atoms with Crippen LogP contribution in [0.1, 0.15) is 0 Å². The molecule has 0 saturated heterocycles. The molecule has 4 aromatic carbocycles. The molecular formula is C26H15NO3. The number of benzene rings is 4. The fraction of sp³-hybridized carbons (Fsp3) is 0. The van der Waals surface area contributed by atoms with Crippen LogP contribution in [0.2, 0.25) is 0 Å². The van der Waals surface area contributed by atoms with Crippen molar-refractivity contribution < 1.29 is 4.42 Å². The first kappa shape index (κ1) is 16.7. The summed E-state index contributed by atoms with van der Waals surface area (Å²) in [4.78, 5) is 26.4. The Labute approximate surface area is 170 Å². The van der Waals surface area contributed by atoms with E-state index in [1.807, 2.05) is 71.3 Å². The van der Waals surface area contributed by atoms with Gasteiger partial charge in [0.25, 0.3) is 0 Å². The van der Waals surface area contributed by atoms with Crippen molar-refractivity contribution in [1.29, 1.82) is 0 Å². The van der Waals surface area contributed by atoms with Crippen molar-refractivity contribution in [2.45, 2.75) is 0 Å². The van der Waals surface area contributed by atoms with Gasteiger partial charge in [0.05, 0.1) is 21.8 Å². The Morgan fingerprint density at radius 2 is 1.20 bits per heavy atom. The first-order chi connectivity index (χ1) is 14.7. The zero-order chi connectivity index (χ0) is 20.2. The van der Waals surface area contributed by atoms with Gasteiger partial charge in [-0.1, -0.05) is 42.5 Å². The summed E-state index contributed by atoms with van der Waals surface area (Å²) in [5.41, 5.74) is 3.21. The van der Waals surface area contributed by atoms with Gasteiger partial charge < -0.3 is 8.98 Å². The Morgan fingerprint density at radius 1 is 0.533 bits per heavy atom. The molecule has 0 aliphatic heterocycles. The summed E-state index contributed by atoms with van der Waals surface area (Å²) in [6.45, 7) is 0. The smallest absolute Gasteiger partial charge is 0.200 e. The van der Waals surface area contributed by atoms with Crippen LogP contribution in [-0.4, -0.2) is 4.57 Å². The zero-order valence-electron chi connectivity index (χ0n) is 15.8. The largest absolute Gasteiger partial charge is 0.456 e. The number of hydrogen-bond donors (Lipinski definition) is 0. The van der Waals surface area contributed by atoms with Crippen LogP contribution < -0.4 is 10.9 Å². The van der Waals surface area contributed by atoms with Crippen LogP contribution in [0.3, 0.4) is 0 Å². The fourth-order valence-electron chi connectivity index (χ4n) is 4.20. The molecule has 0 bridgehead atoms.